The highest BCUT2D eigenvalue weighted by atomic mass is 16.7. The molecule has 2 aliphatic rings. The predicted molar refractivity (Wildman–Crippen MR) is 46.9 cm³/mol. The van der Waals surface area contributed by atoms with Crippen LogP contribution in [0.2, 0.25) is 0 Å². The summed E-state index contributed by atoms with van der Waals surface area (Å²) in [5.74, 6) is 0.838. The molecule has 0 aromatic rings. The zero-order valence-electron chi connectivity index (χ0n) is 7.79. The monoisotopic (exact) mass is 170 g/mol. The van der Waals surface area contributed by atoms with E-state index >= 15 is 0 Å². The van der Waals surface area contributed by atoms with Crippen LogP contribution >= 0.6 is 0 Å². The molecule has 0 amide bonds. The SMILES string of the molecule is COC1CCC2CCCCC2O1. The minimum Gasteiger partial charge on any atom is -0.356 e. The minimum absolute atomic E-state index is 0.0874. The minimum atomic E-state index is 0.0874. The molecule has 0 radical (unpaired) electrons. The fourth-order valence-electron chi connectivity index (χ4n) is 2.47. The lowest BCUT2D eigenvalue weighted by atomic mass is 9.82. The van der Waals surface area contributed by atoms with Crippen molar-refractivity contribution in [3.63, 3.8) is 0 Å². The third kappa shape index (κ3) is 1.64. The second-order valence-corrected chi connectivity index (χ2v) is 3.96. The summed E-state index contributed by atoms with van der Waals surface area (Å²) in [4.78, 5) is 0. The van der Waals surface area contributed by atoms with Crippen LogP contribution in [0.5, 0.6) is 0 Å². The third-order valence-electron chi connectivity index (χ3n) is 3.20. The first-order valence-electron chi connectivity index (χ1n) is 5.08. The van der Waals surface area contributed by atoms with Crippen molar-refractivity contribution in [3.05, 3.63) is 0 Å². The Balaban J connectivity index is 1.90. The van der Waals surface area contributed by atoms with Gasteiger partial charge in [-0.25, -0.2) is 0 Å². The fraction of sp³-hybridized carbons (Fsp3) is 1.00. The molecule has 1 saturated heterocycles. The van der Waals surface area contributed by atoms with Crippen LogP contribution in [0.3, 0.4) is 0 Å². The van der Waals surface area contributed by atoms with Crippen LogP contribution in [0, 0.1) is 5.92 Å². The summed E-state index contributed by atoms with van der Waals surface area (Å²) in [5, 5.41) is 0. The highest BCUT2D eigenvalue weighted by Crippen LogP contribution is 2.35. The second-order valence-electron chi connectivity index (χ2n) is 3.96. The molecule has 0 N–H and O–H groups in total. The maximum absolute atomic E-state index is 5.82. The average molecular weight is 170 g/mol. The molecule has 1 aliphatic heterocycles. The van der Waals surface area contributed by atoms with Crippen molar-refractivity contribution in [2.45, 2.75) is 50.9 Å². The number of hydrogen-bond acceptors (Lipinski definition) is 2. The number of ether oxygens (including phenoxy) is 2. The van der Waals surface area contributed by atoms with Gasteiger partial charge >= 0.3 is 0 Å². The van der Waals surface area contributed by atoms with Gasteiger partial charge in [-0.3, -0.25) is 0 Å². The van der Waals surface area contributed by atoms with Gasteiger partial charge in [0.1, 0.15) is 0 Å². The first kappa shape index (κ1) is 8.52. The summed E-state index contributed by atoms with van der Waals surface area (Å²) < 4.78 is 11.0. The van der Waals surface area contributed by atoms with Gasteiger partial charge in [-0.15, -0.1) is 0 Å². The van der Waals surface area contributed by atoms with Crippen LogP contribution in [0.1, 0.15) is 38.5 Å². The second kappa shape index (κ2) is 3.75. The Morgan fingerprint density at radius 3 is 2.75 bits per heavy atom. The van der Waals surface area contributed by atoms with E-state index in [1.165, 1.54) is 32.1 Å². The molecule has 2 rings (SSSR count). The third-order valence-corrected chi connectivity index (χ3v) is 3.20. The van der Waals surface area contributed by atoms with Crippen molar-refractivity contribution < 1.29 is 9.47 Å². The first-order valence-corrected chi connectivity index (χ1v) is 5.08. The summed E-state index contributed by atoms with van der Waals surface area (Å²) in [5.41, 5.74) is 0. The smallest absolute Gasteiger partial charge is 0.157 e. The normalized spacial score (nSPS) is 42.2. The van der Waals surface area contributed by atoms with Crippen molar-refractivity contribution in [1.82, 2.24) is 0 Å². The maximum atomic E-state index is 5.82. The molecule has 2 heteroatoms. The van der Waals surface area contributed by atoms with Crippen LogP contribution in [-0.4, -0.2) is 19.5 Å². The van der Waals surface area contributed by atoms with Gasteiger partial charge in [0, 0.05) is 7.11 Å². The molecule has 2 nitrogen and oxygen atoms in total. The molecular formula is C10H18O2. The molecule has 3 unspecified atom stereocenters. The number of fused-ring (bicyclic) bond motifs is 1. The highest BCUT2D eigenvalue weighted by molar-refractivity contribution is 4.80. The van der Waals surface area contributed by atoms with E-state index in [9.17, 15) is 0 Å². The molecule has 1 heterocycles. The van der Waals surface area contributed by atoms with Crippen molar-refractivity contribution in [1.29, 1.82) is 0 Å². The van der Waals surface area contributed by atoms with E-state index in [2.05, 4.69) is 0 Å². The van der Waals surface area contributed by atoms with Gasteiger partial charge < -0.3 is 9.47 Å². The number of methoxy groups -OCH3 is 1. The lowest BCUT2D eigenvalue weighted by molar-refractivity contribution is -0.204. The highest BCUT2D eigenvalue weighted by Gasteiger charge is 2.32. The van der Waals surface area contributed by atoms with E-state index in [0.717, 1.165) is 12.3 Å². The molecule has 12 heavy (non-hydrogen) atoms. The van der Waals surface area contributed by atoms with E-state index in [-0.39, 0.29) is 6.29 Å². The fourth-order valence-corrected chi connectivity index (χ4v) is 2.47. The first-order chi connectivity index (χ1) is 5.90. The lowest BCUT2D eigenvalue weighted by Crippen LogP contribution is -2.37. The van der Waals surface area contributed by atoms with Gasteiger partial charge in [0.05, 0.1) is 6.10 Å². The molecule has 1 aliphatic carbocycles. The van der Waals surface area contributed by atoms with Gasteiger partial charge in [0.25, 0.3) is 0 Å². The Morgan fingerprint density at radius 1 is 1.08 bits per heavy atom. The van der Waals surface area contributed by atoms with Crippen molar-refractivity contribution >= 4 is 0 Å². The summed E-state index contributed by atoms with van der Waals surface area (Å²) in [7, 11) is 1.74. The molecule has 0 aromatic carbocycles. The summed E-state index contributed by atoms with van der Waals surface area (Å²) >= 11 is 0. The molecule has 2 fully saturated rings. The van der Waals surface area contributed by atoms with Gasteiger partial charge in [0.2, 0.25) is 0 Å². The molecule has 3 atom stereocenters. The zero-order chi connectivity index (χ0) is 8.39. The van der Waals surface area contributed by atoms with Crippen LogP contribution in [0.25, 0.3) is 0 Å². The standard InChI is InChI=1S/C10H18O2/c1-11-10-7-6-8-4-2-3-5-9(8)12-10/h8-10H,2-7H2,1H3. The van der Waals surface area contributed by atoms with Crippen molar-refractivity contribution in [2.75, 3.05) is 7.11 Å². The van der Waals surface area contributed by atoms with E-state index in [1.807, 2.05) is 0 Å². The van der Waals surface area contributed by atoms with Crippen molar-refractivity contribution in [2.24, 2.45) is 5.92 Å². The zero-order valence-corrected chi connectivity index (χ0v) is 7.79. The average Bonchev–Trinajstić information content (AvgIpc) is 2.17. The molecule has 0 bridgehead atoms. The van der Waals surface area contributed by atoms with Crippen molar-refractivity contribution in [3.8, 4) is 0 Å². The summed E-state index contributed by atoms with van der Waals surface area (Å²) in [6, 6.07) is 0. The van der Waals surface area contributed by atoms with Gasteiger partial charge in [-0.05, 0) is 31.6 Å². The van der Waals surface area contributed by atoms with E-state index in [0.29, 0.717) is 6.10 Å². The Hall–Kier alpha value is -0.0800. The number of rotatable bonds is 1. The summed E-state index contributed by atoms with van der Waals surface area (Å²) in [6.07, 6.45) is 8.38. The van der Waals surface area contributed by atoms with Crippen LogP contribution < -0.4 is 0 Å². The quantitative estimate of drug-likeness (QED) is 0.601. The predicted octanol–water partition coefficient (Wildman–Crippen LogP) is 2.33. The topological polar surface area (TPSA) is 18.5 Å². The Labute approximate surface area is 74.2 Å². The molecule has 0 aromatic heterocycles. The number of hydrogen-bond donors (Lipinski definition) is 0. The molecule has 1 saturated carbocycles. The van der Waals surface area contributed by atoms with E-state index in [4.69, 9.17) is 9.47 Å². The van der Waals surface area contributed by atoms with Crippen LogP contribution in [-0.2, 0) is 9.47 Å². The van der Waals surface area contributed by atoms with E-state index < -0.39 is 0 Å². The lowest BCUT2D eigenvalue weighted by Gasteiger charge is -2.38. The Bertz CT molecular complexity index is 147. The largest absolute Gasteiger partial charge is 0.356 e. The van der Waals surface area contributed by atoms with Gasteiger partial charge in [-0.1, -0.05) is 12.8 Å². The molecule has 70 valence electrons. The van der Waals surface area contributed by atoms with Gasteiger partial charge in [0.15, 0.2) is 6.29 Å². The van der Waals surface area contributed by atoms with E-state index in [1.54, 1.807) is 7.11 Å². The summed E-state index contributed by atoms with van der Waals surface area (Å²) in [6.45, 7) is 0. The Morgan fingerprint density at radius 2 is 1.92 bits per heavy atom. The van der Waals surface area contributed by atoms with Gasteiger partial charge in [-0.2, -0.15) is 0 Å². The van der Waals surface area contributed by atoms with Crippen LogP contribution in [0.15, 0.2) is 0 Å². The van der Waals surface area contributed by atoms with Crippen LogP contribution in [0.4, 0.5) is 0 Å². The molecule has 0 spiro atoms. The maximum Gasteiger partial charge on any atom is 0.157 e. The molecular weight excluding hydrogens is 152 g/mol. The Kier molecular flexibility index (Phi) is 2.66.